The summed E-state index contributed by atoms with van der Waals surface area (Å²) in [4.78, 5) is 52.5. The number of hydrogen-bond donors (Lipinski definition) is 1. The lowest BCUT2D eigenvalue weighted by molar-refractivity contribution is -0.141. The Bertz CT molecular complexity index is 2010. The maximum Gasteiger partial charge on any atom is 0.258 e. The van der Waals surface area contributed by atoms with Crippen LogP contribution in [0.3, 0.4) is 0 Å². The maximum absolute atomic E-state index is 15.2. The molecule has 0 radical (unpaired) electrons. The summed E-state index contributed by atoms with van der Waals surface area (Å²) in [5.41, 5.74) is -1.36. The van der Waals surface area contributed by atoms with Crippen molar-refractivity contribution in [3.8, 4) is 5.75 Å². The molecule has 1 saturated carbocycles. The van der Waals surface area contributed by atoms with Gasteiger partial charge in [0.05, 0.1) is 18.4 Å². The lowest BCUT2D eigenvalue weighted by Gasteiger charge is -2.50. The number of fused-ring (bicyclic) bond motifs is 4. The number of aromatic hydroxyl groups is 1. The number of hydrogen-bond acceptors (Lipinski definition) is 6. The number of carbonyl (C=O) groups is 4. The molecule has 1 aromatic heterocycles. The first-order chi connectivity index (χ1) is 23.2. The molecule has 254 valence electrons. The van der Waals surface area contributed by atoms with Crippen molar-refractivity contribution in [3.63, 3.8) is 0 Å². The number of benzene rings is 2. The number of rotatable bonds is 6. The van der Waals surface area contributed by atoms with E-state index in [1.165, 1.54) is 29.5 Å². The van der Waals surface area contributed by atoms with Crippen LogP contribution < -0.4 is 4.90 Å². The first kappa shape index (κ1) is 33.4. The van der Waals surface area contributed by atoms with Gasteiger partial charge in [0.15, 0.2) is 33.0 Å². The summed E-state index contributed by atoms with van der Waals surface area (Å²) < 4.78 is 73.3. The van der Waals surface area contributed by atoms with E-state index in [0.29, 0.717) is 5.56 Å². The number of phenols is 1. The fraction of sp³-hybridized carbons (Fsp3) is 0.294. The summed E-state index contributed by atoms with van der Waals surface area (Å²) in [6, 6.07) is 7.94. The number of amides is 4. The molecular formula is C34H23Cl2F5N2O5S. The maximum atomic E-state index is 15.2. The third-order valence-electron chi connectivity index (χ3n) is 10.0. The molecule has 6 atom stereocenters. The molecule has 0 unspecified atom stereocenters. The molecule has 49 heavy (non-hydrogen) atoms. The highest BCUT2D eigenvalue weighted by atomic mass is 35.5. The van der Waals surface area contributed by atoms with Crippen molar-refractivity contribution in [2.45, 2.75) is 41.5 Å². The van der Waals surface area contributed by atoms with Gasteiger partial charge < -0.3 is 5.11 Å². The van der Waals surface area contributed by atoms with Gasteiger partial charge in [-0.25, -0.2) is 26.9 Å². The molecule has 15 heteroatoms. The van der Waals surface area contributed by atoms with Crippen molar-refractivity contribution < 1.29 is 46.2 Å². The van der Waals surface area contributed by atoms with Crippen molar-refractivity contribution in [1.29, 1.82) is 0 Å². The average molecular weight is 738 g/mol. The number of nitrogens with zero attached hydrogens (tertiary/aromatic N) is 2. The van der Waals surface area contributed by atoms with Crippen LogP contribution in [-0.4, -0.2) is 43.4 Å². The fourth-order valence-electron chi connectivity index (χ4n) is 7.86. The highest BCUT2D eigenvalue weighted by Crippen LogP contribution is 2.66. The van der Waals surface area contributed by atoms with Gasteiger partial charge in [-0.3, -0.25) is 24.1 Å². The lowest BCUT2D eigenvalue weighted by Crippen LogP contribution is -2.60. The van der Waals surface area contributed by atoms with E-state index in [9.17, 15) is 37.5 Å². The summed E-state index contributed by atoms with van der Waals surface area (Å²) in [6.45, 7) is 3.64. The summed E-state index contributed by atoms with van der Waals surface area (Å²) in [5.74, 6) is -21.6. The van der Waals surface area contributed by atoms with Gasteiger partial charge in [0.2, 0.25) is 17.6 Å². The Labute approximate surface area is 289 Å². The van der Waals surface area contributed by atoms with Gasteiger partial charge in [0, 0.05) is 16.4 Å². The van der Waals surface area contributed by atoms with E-state index in [1.807, 2.05) is 0 Å². The van der Waals surface area contributed by atoms with Crippen molar-refractivity contribution in [1.82, 2.24) is 4.90 Å². The normalized spacial score (nSPS) is 29.2. The van der Waals surface area contributed by atoms with E-state index in [1.54, 1.807) is 29.7 Å². The third kappa shape index (κ3) is 4.37. The molecule has 4 aliphatic rings. The van der Waals surface area contributed by atoms with E-state index >= 15 is 8.78 Å². The number of para-hydroxylation sites is 1. The smallest absolute Gasteiger partial charge is 0.258 e. The molecule has 3 fully saturated rings. The standard InChI is InChI=1S/C34H23Cl2F5N2O5S/c1-2-5-14-6-3-8-18(28(14)44)21-16-9-10-17-20(30(46)42(29(17)45)13-15-7-4-11-49-15)19(16)12-33(35)31(47)43(32(48)34(21,33)36)27-25(40)23(38)22(37)24(39)26(27)41/h2-4,6-9,11,17,19-21,44H,1,5,10,12-13H2/t17-,19+,20-,21+,33+,34-/m0/s1. The van der Waals surface area contributed by atoms with Crippen LogP contribution in [0.15, 0.2) is 60.0 Å². The van der Waals surface area contributed by atoms with Gasteiger partial charge in [-0.1, -0.05) is 42.0 Å². The summed E-state index contributed by atoms with van der Waals surface area (Å²) >= 11 is 15.6. The van der Waals surface area contributed by atoms with Gasteiger partial charge in [0.25, 0.3) is 11.8 Å². The van der Waals surface area contributed by atoms with Crippen molar-refractivity contribution >= 4 is 63.9 Å². The van der Waals surface area contributed by atoms with E-state index in [-0.39, 0.29) is 35.4 Å². The fourth-order valence-corrected chi connectivity index (χ4v) is 9.48. The number of anilines is 1. The number of alkyl halides is 2. The second kappa shape index (κ2) is 11.5. The number of thiophene rings is 1. The van der Waals surface area contributed by atoms with Crippen LogP contribution in [0.5, 0.6) is 5.75 Å². The second-order valence-corrected chi connectivity index (χ2v) is 14.7. The zero-order chi connectivity index (χ0) is 35.3. The zero-order valence-corrected chi connectivity index (χ0v) is 27.3. The van der Waals surface area contributed by atoms with E-state index < -0.39 is 104 Å². The number of likely N-dealkylation sites (tertiary alicyclic amines) is 1. The predicted octanol–water partition coefficient (Wildman–Crippen LogP) is 6.64. The highest BCUT2D eigenvalue weighted by Gasteiger charge is 2.77. The van der Waals surface area contributed by atoms with Gasteiger partial charge in [0.1, 0.15) is 11.4 Å². The molecule has 2 aromatic carbocycles. The molecular weight excluding hydrogens is 714 g/mol. The van der Waals surface area contributed by atoms with E-state index in [4.69, 9.17) is 23.2 Å². The molecule has 2 saturated heterocycles. The Morgan fingerprint density at radius 2 is 1.59 bits per heavy atom. The van der Waals surface area contributed by atoms with Crippen LogP contribution in [0.1, 0.15) is 34.8 Å². The Hall–Kier alpha value is -4.07. The van der Waals surface area contributed by atoms with Crippen LogP contribution in [0.25, 0.3) is 0 Å². The third-order valence-corrected chi connectivity index (χ3v) is 12.3. The van der Waals surface area contributed by atoms with Gasteiger partial charge in [-0.05, 0) is 42.2 Å². The van der Waals surface area contributed by atoms with Crippen molar-refractivity contribution in [3.05, 3.63) is 105 Å². The molecule has 7 nitrogen and oxygen atoms in total. The van der Waals surface area contributed by atoms with Crippen LogP contribution >= 0.6 is 34.5 Å². The van der Waals surface area contributed by atoms with Gasteiger partial charge in [-0.2, -0.15) is 0 Å². The molecule has 3 aromatic rings. The molecule has 2 aliphatic carbocycles. The first-order valence-corrected chi connectivity index (χ1v) is 16.6. The molecule has 7 rings (SSSR count). The van der Waals surface area contributed by atoms with Crippen LogP contribution in [-0.2, 0) is 32.1 Å². The minimum absolute atomic E-state index is 0.00261. The summed E-state index contributed by atoms with van der Waals surface area (Å²) in [5, 5.41) is 13.3. The number of allylic oxidation sites excluding steroid dienone is 3. The molecule has 4 amide bonds. The topological polar surface area (TPSA) is 95.0 Å². The highest BCUT2D eigenvalue weighted by molar-refractivity contribution is 7.09. The lowest BCUT2D eigenvalue weighted by atomic mass is 9.56. The van der Waals surface area contributed by atoms with Gasteiger partial charge in [-0.15, -0.1) is 41.1 Å². The zero-order valence-electron chi connectivity index (χ0n) is 25.0. The molecule has 2 aliphatic heterocycles. The summed E-state index contributed by atoms with van der Waals surface area (Å²) in [7, 11) is 0. The van der Waals surface area contributed by atoms with Crippen molar-refractivity contribution in [2.24, 2.45) is 17.8 Å². The van der Waals surface area contributed by atoms with E-state index in [2.05, 4.69) is 6.58 Å². The molecule has 3 heterocycles. The van der Waals surface area contributed by atoms with Crippen LogP contribution in [0.2, 0.25) is 0 Å². The molecule has 0 spiro atoms. The Kier molecular flexibility index (Phi) is 7.84. The Morgan fingerprint density at radius 3 is 2.22 bits per heavy atom. The number of carbonyl (C=O) groups excluding carboxylic acids is 4. The van der Waals surface area contributed by atoms with Crippen molar-refractivity contribution in [2.75, 3.05) is 4.90 Å². The molecule has 1 N–H and O–H groups in total. The predicted molar refractivity (Wildman–Crippen MR) is 168 cm³/mol. The monoisotopic (exact) mass is 736 g/mol. The minimum atomic E-state index is -2.73. The van der Waals surface area contributed by atoms with E-state index in [0.717, 1.165) is 9.78 Å². The minimum Gasteiger partial charge on any atom is -0.507 e. The van der Waals surface area contributed by atoms with Crippen LogP contribution in [0, 0.1) is 46.8 Å². The van der Waals surface area contributed by atoms with Crippen LogP contribution in [0.4, 0.5) is 27.6 Å². The quantitative estimate of drug-likeness (QED) is 0.0765. The number of imide groups is 2. The number of halogens is 7. The summed E-state index contributed by atoms with van der Waals surface area (Å²) in [6.07, 6.45) is 2.56. The largest absolute Gasteiger partial charge is 0.507 e. The SMILES string of the molecule is C=CCc1cccc([C@H]2C3=CC[C@@H]4C(=O)N(Cc5cccs5)C(=O)[C@@H]4[C@@H]3C[C@@]3(Cl)C(=O)N(c4c(F)c(F)c(F)c(F)c4F)C(=O)[C@@]23Cl)c1O. The first-order valence-electron chi connectivity index (χ1n) is 15.0. The Morgan fingerprint density at radius 1 is 0.918 bits per heavy atom. The average Bonchev–Trinajstić information content (AvgIpc) is 3.72. The second-order valence-electron chi connectivity index (χ2n) is 12.4. The Balaban J connectivity index is 1.44. The van der Waals surface area contributed by atoms with Gasteiger partial charge >= 0.3 is 0 Å². The number of phenolic OH excluding ortho intramolecular Hbond substituents is 1. The molecule has 0 bridgehead atoms.